The highest BCUT2D eigenvalue weighted by Crippen LogP contribution is 2.26. The maximum absolute atomic E-state index is 12.8. The molecule has 0 saturated carbocycles. The van der Waals surface area contributed by atoms with E-state index in [0.717, 1.165) is 37.4 Å². The molecule has 1 unspecified atom stereocenters. The first-order valence-corrected chi connectivity index (χ1v) is 10.3. The summed E-state index contributed by atoms with van der Waals surface area (Å²) < 4.78 is 5.63. The van der Waals surface area contributed by atoms with E-state index in [1.165, 1.54) is 25.8 Å². The van der Waals surface area contributed by atoms with E-state index in [-0.39, 0.29) is 11.9 Å². The average Bonchev–Trinajstić information content (AvgIpc) is 2.67. The minimum Gasteiger partial charge on any atom is -0.493 e. The lowest BCUT2D eigenvalue weighted by molar-refractivity contribution is 0.0901. The van der Waals surface area contributed by atoms with E-state index in [9.17, 15) is 4.79 Å². The van der Waals surface area contributed by atoms with Crippen molar-refractivity contribution in [2.75, 3.05) is 32.0 Å². The minimum atomic E-state index is -0.0579. The number of piperidine rings is 1. The van der Waals surface area contributed by atoms with Crippen LogP contribution in [0.15, 0.2) is 24.3 Å². The van der Waals surface area contributed by atoms with Crippen LogP contribution in [-0.4, -0.2) is 43.1 Å². The van der Waals surface area contributed by atoms with Crippen LogP contribution >= 0.6 is 0 Å². The Bertz CT molecular complexity index is 678. The number of hydrogen-bond donors (Lipinski definition) is 2. The molecule has 2 aliphatic rings. The fourth-order valence-corrected chi connectivity index (χ4v) is 4.07. The zero-order valence-electron chi connectivity index (χ0n) is 16.7. The molecule has 1 heterocycles. The number of likely N-dealkylation sites (tertiary alicyclic amines) is 1. The number of hydrogen-bond acceptors (Lipinski definition) is 4. The molecular formula is C22H33N3O2. The Labute approximate surface area is 162 Å². The van der Waals surface area contributed by atoms with E-state index >= 15 is 0 Å². The zero-order chi connectivity index (χ0) is 19.2. The maximum Gasteiger partial charge on any atom is 0.255 e. The van der Waals surface area contributed by atoms with Crippen molar-refractivity contribution in [2.45, 2.75) is 52.0 Å². The highest BCUT2D eigenvalue weighted by Gasteiger charge is 2.24. The lowest BCUT2D eigenvalue weighted by Gasteiger charge is -2.35. The second-order valence-electron chi connectivity index (χ2n) is 7.84. The Morgan fingerprint density at radius 1 is 1.26 bits per heavy atom. The predicted octanol–water partition coefficient (Wildman–Crippen LogP) is 3.53. The van der Waals surface area contributed by atoms with Crippen molar-refractivity contribution in [1.82, 2.24) is 10.2 Å². The molecule has 0 bridgehead atoms. The molecule has 1 aromatic rings. The van der Waals surface area contributed by atoms with Crippen LogP contribution in [0.4, 0.5) is 5.69 Å². The van der Waals surface area contributed by atoms with Crippen LogP contribution in [0.5, 0.6) is 5.75 Å². The van der Waals surface area contributed by atoms with Crippen LogP contribution in [0.1, 0.15) is 54.9 Å². The number of aryl methyl sites for hydroxylation is 1. The van der Waals surface area contributed by atoms with Gasteiger partial charge in [0.25, 0.3) is 5.91 Å². The lowest BCUT2D eigenvalue weighted by Crippen LogP contribution is -2.46. The molecule has 1 saturated heterocycles. The van der Waals surface area contributed by atoms with E-state index in [0.29, 0.717) is 23.6 Å². The molecule has 5 heteroatoms. The Balaban J connectivity index is 1.53. The molecule has 1 aliphatic carbocycles. The van der Waals surface area contributed by atoms with Gasteiger partial charge >= 0.3 is 0 Å². The molecule has 0 radical (unpaired) electrons. The number of ether oxygens (including phenoxy) is 1. The maximum atomic E-state index is 12.8. The summed E-state index contributed by atoms with van der Waals surface area (Å²) in [5, 5.41) is 3.21. The number of nitrogens with zero attached hydrogens (tertiary/aromatic N) is 1. The van der Waals surface area contributed by atoms with Crippen LogP contribution < -0.4 is 15.8 Å². The first kappa shape index (κ1) is 19.7. The topological polar surface area (TPSA) is 67.6 Å². The van der Waals surface area contributed by atoms with Gasteiger partial charge in [0, 0.05) is 37.4 Å². The summed E-state index contributed by atoms with van der Waals surface area (Å²) in [4.78, 5) is 15.4. The molecule has 148 valence electrons. The third kappa shape index (κ3) is 5.25. The van der Waals surface area contributed by atoms with Crippen molar-refractivity contribution < 1.29 is 9.53 Å². The highest BCUT2D eigenvalue weighted by atomic mass is 16.5. The van der Waals surface area contributed by atoms with Gasteiger partial charge in [0.05, 0.1) is 12.2 Å². The first-order valence-electron chi connectivity index (χ1n) is 10.3. The molecule has 27 heavy (non-hydrogen) atoms. The van der Waals surface area contributed by atoms with E-state index < -0.39 is 0 Å². The summed E-state index contributed by atoms with van der Waals surface area (Å²) in [5.41, 5.74) is 8.11. The predicted molar refractivity (Wildman–Crippen MR) is 110 cm³/mol. The number of nitrogens with one attached hydrogen (secondary N) is 1. The third-order valence-electron chi connectivity index (χ3n) is 5.73. The molecule has 1 fully saturated rings. The Morgan fingerprint density at radius 2 is 2.04 bits per heavy atom. The zero-order valence-corrected chi connectivity index (χ0v) is 16.7. The van der Waals surface area contributed by atoms with Crippen LogP contribution in [0.3, 0.4) is 0 Å². The molecular weight excluding hydrogens is 338 g/mol. The van der Waals surface area contributed by atoms with Gasteiger partial charge in [-0.05, 0) is 63.5 Å². The van der Waals surface area contributed by atoms with Crippen molar-refractivity contribution in [3.05, 3.63) is 35.4 Å². The summed E-state index contributed by atoms with van der Waals surface area (Å²) in [7, 11) is 0. The number of benzene rings is 1. The molecule has 3 rings (SSSR count). The van der Waals surface area contributed by atoms with Crippen molar-refractivity contribution in [3.63, 3.8) is 0 Å². The van der Waals surface area contributed by atoms with Gasteiger partial charge in [-0.2, -0.15) is 0 Å². The largest absolute Gasteiger partial charge is 0.493 e. The average molecular weight is 372 g/mol. The smallest absolute Gasteiger partial charge is 0.255 e. The fraction of sp³-hybridized carbons (Fsp3) is 0.591. The van der Waals surface area contributed by atoms with Crippen LogP contribution in [0.25, 0.3) is 0 Å². The first-order chi connectivity index (χ1) is 13.1. The highest BCUT2D eigenvalue weighted by molar-refractivity contribution is 5.98. The van der Waals surface area contributed by atoms with Crippen molar-refractivity contribution in [1.29, 1.82) is 0 Å². The SMILES string of the molecule is CCOc1cc(N)c(C)cc1C(=O)NC1CCN(CC2CC=CCC2)CC1. The summed E-state index contributed by atoms with van der Waals surface area (Å²) in [5.74, 6) is 1.31. The Hall–Kier alpha value is -2.01. The number of amides is 1. The number of nitrogen functional groups attached to an aromatic ring is 1. The summed E-state index contributed by atoms with van der Waals surface area (Å²) >= 11 is 0. The minimum absolute atomic E-state index is 0.0579. The number of carbonyl (C=O) groups excluding carboxylic acids is 1. The molecule has 5 nitrogen and oxygen atoms in total. The monoisotopic (exact) mass is 371 g/mol. The van der Waals surface area contributed by atoms with Crippen molar-refractivity contribution >= 4 is 11.6 Å². The van der Waals surface area contributed by atoms with Crippen molar-refractivity contribution in [3.8, 4) is 5.75 Å². The summed E-state index contributed by atoms with van der Waals surface area (Å²) in [6.45, 7) is 7.65. The standard InChI is InChI=1S/C22H33N3O2/c1-3-27-21-14-20(23)16(2)13-19(21)22(26)24-18-9-11-25(12-10-18)15-17-7-5-4-6-8-17/h4-5,13-14,17-18H,3,6-12,15,23H2,1-2H3,(H,24,26). The number of anilines is 1. The quantitative estimate of drug-likeness (QED) is 0.593. The van der Waals surface area contributed by atoms with E-state index in [1.807, 2.05) is 19.9 Å². The van der Waals surface area contributed by atoms with Gasteiger partial charge in [0.1, 0.15) is 5.75 Å². The van der Waals surface area contributed by atoms with Gasteiger partial charge in [0.2, 0.25) is 0 Å². The third-order valence-corrected chi connectivity index (χ3v) is 5.73. The summed E-state index contributed by atoms with van der Waals surface area (Å²) in [6.07, 6.45) is 10.4. The van der Waals surface area contributed by atoms with Crippen LogP contribution in [0.2, 0.25) is 0 Å². The van der Waals surface area contributed by atoms with Gasteiger partial charge < -0.3 is 20.7 Å². The molecule has 1 amide bonds. The number of nitrogens with two attached hydrogens (primary N) is 1. The second-order valence-corrected chi connectivity index (χ2v) is 7.84. The molecule has 1 atom stereocenters. The number of rotatable bonds is 6. The number of carbonyl (C=O) groups is 1. The van der Waals surface area contributed by atoms with Gasteiger partial charge in [-0.3, -0.25) is 4.79 Å². The van der Waals surface area contributed by atoms with Gasteiger partial charge in [-0.25, -0.2) is 0 Å². The molecule has 0 aromatic heterocycles. The molecule has 1 aromatic carbocycles. The second kappa shape index (κ2) is 9.27. The van der Waals surface area contributed by atoms with Gasteiger partial charge in [-0.1, -0.05) is 12.2 Å². The lowest BCUT2D eigenvalue weighted by atomic mass is 9.93. The fourth-order valence-electron chi connectivity index (χ4n) is 4.07. The summed E-state index contributed by atoms with van der Waals surface area (Å²) in [6, 6.07) is 3.82. The van der Waals surface area contributed by atoms with Crippen LogP contribution in [-0.2, 0) is 0 Å². The van der Waals surface area contributed by atoms with Crippen LogP contribution in [0, 0.1) is 12.8 Å². The molecule has 3 N–H and O–H groups in total. The number of allylic oxidation sites excluding steroid dienone is 2. The Morgan fingerprint density at radius 3 is 2.70 bits per heavy atom. The van der Waals surface area contributed by atoms with Gasteiger partial charge in [-0.15, -0.1) is 0 Å². The molecule has 1 aliphatic heterocycles. The van der Waals surface area contributed by atoms with E-state index in [2.05, 4.69) is 22.4 Å². The van der Waals surface area contributed by atoms with E-state index in [1.54, 1.807) is 6.07 Å². The Kier molecular flexibility index (Phi) is 6.78. The normalized spacial score (nSPS) is 21.2. The molecule has 0 spiro atoms. The van der Waals surface area contributed by atoms with E-state index in [4.69, 9.17) is 10.5 Å². The van der Waals surface area contributed by atoms with Crippen molar-refractivity contribution in [2.24, 2.45) is 5.92 Å². The van der Waals surface area contributed by atoms with Gasteiger partial charge in [0.15, 0.2) is 0 Å².